The first-order chi connectivity index (χ1) is 16.0. The molecular weight excluding hydrogens is 440 g/mol. The number of sulfonamides is 1. The minimum absolute atomic E-state index is 0.143. The Kier molecular flexibility index (Phi) is 5.65. The van der Waals surface area contributed by atoms with E-state index in [9.17, 15) is 8.42 Å². The number of ether oxygens (including phenoxy) is 2. The minimum atomic E-state index is -3.78. The number of para-hydroxylation sites is 1. The van der Waals surface area contributed by atoms with Crippen molar-refractivity contribution in [3.63, 3.8) is 0 Å². The zero-order chi connectivity index (χ0) is 22.8. The molecule has 2 aromatic heterocycles. The van der Waals surface area contributed by atoms with E-state index < -0.39 is 10.0 Å². The maximum absolute atomic E-state index is 13.0. The summed E-state index contributed by atoms with van der Waals surface area (Å²) in [6.07, 6.45) is 3.68. The van der Waals surface area contributed by atoms with Crippen LogP contribution in [0, 0.1) is 0 Å². The van der Waals surface area contributed by atoms with Gasteiger partial charge < -0.3 is 19.4 Å². The predicted octanol–water partition coefficient (Wildman–Crippen LogP) is 3.88. The van der Waals surface area contributed by atoms with Crippen LogP contribution >= 0.6 is 0 Å². The van der Waals surface area contributed by atoms with Gasteiger partial charge in [0.15, 0.2) is 0 Å². The number of H-pyrrole nitrogens is 1. The van der Waals surface area contributed by atoms with Crippen molar-refractivity contribution in [1.82, 2.24) is 9.97 Å². The van der Waals surface area contributed by atoms with E-state index in [1.165, 1.54) is 6.07 Å². The number of morpholine rings is 1. The Labute approximate surface area is 192 Å². The van der Waals surface area contributed by atoms with Crippen LogP contribution in [0.25, 0.3) is 22.2 Å². The van der Waals surface area contributed by atoms with E-state index in [0.29, 0.717) is 30.2 Å². The molecule has 8 nitrogen and oxygen atoms in total. The number of nitrogens with one attached hydrogen (secondary N) is 2. The highest BCUT2D eigenvalue weighted by molar-refractivity contribution is 7.92. The second-order valence-corrected chi connectivity index (χ2v) is 9.41. The first-order valence-electron chi connectivity index (χ1n) is 10.6. The normalized spacial score (nSPS) is 14.4. The zero-order valence-corrected chi connectivity index (χ0v) is 18.9. The van der Waals surface area contributed by atoms with Crippen LogP contribution in [0.3, 0.4) is 0 Å². The summed E-state index contributed by atoms with van der Waals surface area (Å²) >= 11 is 0. The smallest absolute Gasteiger partial charge is 0.261 e. The Bertz CT molecular complexity index is 1380. The van der Waals surface area contributed by atoms with Crippen molar-refractivity contribution in [2.45, 2.75) is 4.90 Å². The van der Waals surface area contributed by atoms with E-state index in [-0.39, 0.29) is 4.90 Å². The molecule has 1 saturated heterocycles. The van der Waals surface area contributed by atoms with Gasteiger partial charge in [0, 0.05) is 47.7 Å². The second-order valence-electron chi connectivity index (χ2n) is 7.73. The van der Waals surface area contributed by atoms with Crippen molar-refractivity contribution in [3.8, 4) is 16.9 Å². The monoisotopic (exact) mass is 464 g/mol. The quantitative estimate of drug-likeness (QED) is 0.450. The number of benzene rings is 2. The highest BCUT2D eigenvalue weighted by atomic mass is 32.2. The minimum Gasteiger partial charge on any atom is -0.496 e. The maximum atomic E-state index is 13.0. The number of methoxy groups -OCH3 is 1. The fourth-order valence-corrected chi connectivity index (χ4v) is 5.09. The molecule has 0 atom stereocenters. The molecule has 170 valence electrons. The summed E-state index contributed by atoms with van der Waals surface area (Å²) in [6, 6.07) is 15.6. The molecule has 0 spiro atoms. The Morgan fingerprint density at radius 2 is 1.88 bits per heavy atom. The average Bonchev–Trinajstić information content (AvgIpc) is 3.28. The molecule has 0 amide bonds. The molecule has 0 bridgehead atoms. The molecule has 33 heavy (non-hydrogen) atoms. The Balaban J connectivity index is 1.55. The average molecular weight is 465 g/mol. The second kappa shape index (κ2) is 8.76. The van der Waals surface area contributed by atoms with Crippen molar-refractivity contribution in [2.24, 2.45) is 0 Å². The predicted molar refractivity (Wildman–Crippen MR) is 128 cm³/mol. The van der Waals surface area contributed by atoms with Crippen LogP contribution in [-0.4, -0.2) is 51.8 Å². The van der Waals surface area contributed by atoms with Crippen molar-refractivity contribution in [3.05, 3.63) is 67.0 Å². The van der Waals surface area contributed by atoms with Crippen LogP contribution in [0.1, 0.15) is 0 Å². The van der Waals surface area contributed by atoms with Gasteiger partial charge in [-0.25, -0.2) is 13.4 Å². The summed E-state index contributed by atoms with van der Waals surface area (Å²) in [5.41, 5.74) is 3.74. The number of anilines is 2. The van der Waals surface area contributed by atoms with Gasteiger partial charge in [-0.05, 0) is 36.4 Å². The summed E-state index contributed by atoms with van der Waals surface area (Å²) in [7, 11) is -2.21. The SMILES string of the molecule is COc1ccc(S(=O)(=O)Nc2ccccc2)cc1-c1cnc2[nH]cc(N3CCOCC3)c2c1. The third kappa shape index (κ3) is 4.24. The van der Waals surface area contributed by atoms with E-state index in [1.54, 1.807) is 49.7 Å². The van der Waals surface area contributed by atoms with Crippen LogP contribution in [-0.2, 0) is 14.8 Å². The standard InChI is InChI=1S/C24H24N4O4S/c1-31-23-8-7-19(33(29,30)27-18-5-3-2-4-6-18)14-20(23)17-13-21-22(16-26-24(21)25-15-17)28-9-11-32-12-10-28/h2-8,13-16,27H,9-12H2,1H3,(H,25,26). The van der Waals surface area contributed by atoms with Crippen molar-refractivity contribution < 1.29 is 17.9 Å². The maximum Gasteiger partial charge on any atom is 0.261 e. The number of aromatic amines is 1. The van der Waals surface area contributed by atoms with Gasteiger partial charge in [-0.3, -0.25) is 4.72 Å². The molecule has 4 aromatic rings. The number of hydrogen-bond donors (Lipinski definition) is 2. The number of pyridine rings is 1. The molecule has 0 radical (unpaired) electrons. The number of fused-ring (bicyclic) bond motifs is 1. The van der Waals surface area contributed by atoms with Gasteiger partial charge >= 0.3 is 0 Å². The highest BCUT2D eigenvalue weighted by Gasteiger charge is 2.20. The number of aromatic nitrogens is 2. The van der Waals surface area contributed by atoms with Crippen LogP contribution in [0.15, 0.2) is 71.9 Å². The molecule has 1 fully saturated rings. The van der Waals surface area contributed by atoms with Crippen LogP contribution in [0.5, 0.6) is 5.75 Å². The van der Waals surface area contributed by atoms with E-state index in [4.69, 9.17) is 9.47 Å². The molecule has 2 N–H and O–H groups in total. The molecule has 1 aliphatic heterocycles. The van der Waals surface area contributed by atoms with E-state index >= 15 is 0 Å². The molecule has 0 aliphatic carbocycles. The van der Waals surface area contributed by atoms with Crippen LogP contribution in [0.2, 0.25) is 0 Å². The number of rotatable bonds is 6. The molecule has 9 heteroatoms. The van der Waals surface area contributed by atoms with Crippen molar-refractivity contribution in [2.75, 3.05) is 43.0 Å². The molecule has 2 aromatic carbocycles. The third-order valence-electron chi connectivity index (χ3n) is 5.68. The summed E-state index contributed by atoms with van der Waals surface area (Å²) in [5, 5.41) is 0.965. The lowest BCUT2D eigenvalue weighted by atomic mass is 10.1. The Morgan fingerprint density at radius 3 is 2.64 bits per heavy atom. The first-order valence-corrected chi connectivity index (χ1v) is 12.1. The number of hydrogen-bond acceptors (Lipinski definition) is 6. The van der Waals surface area contributed by atoms with Crippen molar-refractivity contribution in [1.29, 1.82) is 0 Å². The fourth-order valence-electron chi connectivity index (χ4n) is 4.00. The summed E-state index contributed by atoms with van der Waals surface area (Å²) in [5.74, 6) is 0.568. The molecule has 0 saturated carbocycles. The van der Waals surface area contributed by atoms with E-state index in [0.717, 1.165) is 35.4 Å². The van der Waals surface area contributed by atoms with Gasteiger partial charge in [0.2, 0.25) is 0 Å². The fraction of sp³-hybridized carbons (Fsp3) is 0.208. The van der Waals surface area contributed by atoms with Gasteiger partial charge in [-0.2, -0.15) is 0 Å². The van der Waals surface area contributed by atoms with Gasteiger partial charge in [-0.1, -0.05) is 18.2 Å². The lowest BCUT2D eigenvalue weighted by Gasteiger charge is -2.28. The Morgan fingerprint density at radius 1 is 1.09 bits per heavy atom. The van der Waals surface area contributed by atoms with Gasteiger partial charge in [0.25, 0.3) is 10.0 Å². The van der Waals surface area contributed by atoms with Gasteiger partial charge in [0.1, 0.15) is 11.4 Å². The largest absolute Gasteiger partial charge is 0.496 e. The number of nitrogens with zero attached hydrogens (tertiary/aromatic N) is 2. The molecule has 5 rings (SSSR count). The molecule has 0 unspecified atom stereocenters. The zero-order valence-electron chi connectivity index (χ0n) is 18.1. The third-order valence-corrected chi connectivity index (χ3v) is 7.06. The summed E-state index contributed by atoms with van der Waals surface area (Å²) < 4.78 is 39.7. The molecular formula is C24H24N4O4S. The van der Waals surface area contributed by atoms with E-state index in [2.05, 4.69) is 19.6 Å². The Hall–Kier alpha value is -3.56. The lowest BCUT2D eigenvalue weighted by molar-refractivity contribution is 0.123. The first kappa shape index (κ1) is 21.3. The highest BCUT2D eigenvalue weighted by Crippen LogP contribution is 2.36. The molecule has 3 heterocycles. The van der Waals surface area contributed by atoms with Gasteiger partial charge in [-0.15, -0.1) is 0 Å². The summed E-state index contributed by atoms with van der Waals surface area (Å²) in [6.45, 7) is 2.97. The van der Waals surface area contributed by atoms with Crippen LogP contribution in [0.4, 0.5) is 11.4 Å². The van der Waals surface area contributed by atoms with Gasteiger partial charge in [0.05, 0.1) is 30.9 Å². The topological polar surface area (TPSA) is 96.6 Å². The molecule has 1 aliphatic rings. The van der Waals surface area contributed by atoms with E-state index in [1.807, 2.05) is 18.3 Å². The van der Waals surface area contributed by atoms with Crippen LogP contribution < -0.4 is 14.4 Å². The van der Waals surface area contributed by atoms with Crippen molar-refractivity contribution >= 4 is 32.4 Å². The lowest BCUT2D eigenvalue weighted by Crippen LogP contribution is -2.36. The summed E-state index contributed by atoms with van der Waals surface area (Å²) in [4.78, 5) is 10.2.